The van der Waals surface area contributed by atoms with Crippen molar-refractivity contribution >= 4 is 12.6 Å². The predicted molar refractivity (Wildman–Crippen MR) is 86.9 cm³/mol. The first-order chi connectivity index (χ1) is 10.8. The maximum Gasteiger partial charge on any atom is 0.492 e. The van der Waals surface area contributed by atoms with Gasteiger partial charge in [0.2, 0.25) is 0 Å². The molecular weight excluding hydrogens is 271 g/mol. The predicted octanol–water partition coefficient (Wildman–Crippen LogP) is 2.68. The highest BCUT2D eigenvalue weighted by atomic mass is 16.5. The van der Waals surface area contributed by atoms with Crippen LogP contribution in [0.3, 0.4) is 0 Å². The van der Waals surface area contributed by atoms with Crippen molar-refractivity contribution in [2.75, 3.05) is 0 Å². The molecule has 2 aliphatic rings. The Labute approximate surface area is 129 Å². The van der Waals surface area contributed by atoms with Gasteiger partial charge in [0.15, 0.2) is 0 Å². The molecule has 1 N–H and O–H groups in total. The molecule has 22 heavy (non-hydrogen) atoms. The van der Waals surface area contributed by atoms with Crippen molar-refractivity contribution in [2.24, 2.45) is 0 Å². The lowest BCUT2D eigenvalue weighted by atomic mass is 9.76. The number of hydrogen-bond donors (Lipinski definition) is 1. The summed E-state index contributed by atoms with van der Waals surface area (Å²) < 4.78 is 6.19. The second-order valence-corrected chi connectivity index (χ2v) is 5.83. The Hall–Kier alpha value is -2.36. The van der Waals surface area contributed by atoms with Gasteiger partial charge in [-0.25, -0.2) is 0 Å². The van der Waals surface area contributed by atoms with Gasteiger partial charge in [-0.2, -0.15) is 0 Å². The van der Waals surface area contributed by atoms with E-state index in [1.165, 1.54) is 11.1 Å². The minimum Gasteiger partial charge on any atom is -0.423 e. The van der Waals surface area contributed by atoms with E-state index in [0.29, 0.717) is 0 Å². The van der Waals surface area contributed by atoms with Crippen molar-refractivity contribution in [2.45, 2.75) is 5.60 Å². The fourth-order valence-corrected chi connectivity index (χ4v) is 3.94. The third-order valence-electron chi connectivity index (χ3n) is 4.80. The largest absolute Gasteiger partial charge is 0.492 e. The highest BCUT2D eigenvalue weighted by molar-refractivity contribution is 6.62. The van der Waals surface area contributed by atoms with Crippen LogP contribution < -0.4 is 5.46 Å². The molecule has 0 fully saturated rings. The Morgan fingerprint density at radius 2 is 1.18 bits per heavy atom. The van der Waals surface area contributed by atoms with E-state index in [9.17, 15) is 5.02 Å². The molecule has 0 saturated carbocycles. The first-order valence-corrected chi connectivity index (χ1v) is 7.47. The third-order valence-corrected chi connectivity index (χ3v) is 4.80. The van der Waals surface area contributed by atoms with Crippen molar-refractivity contribution in [3.63, 3.8) is 0 Å². The fraction of sp³-hybridized carbons (Fsp3) is 0.0526. The van der Waals surface area contributed by atoms with Gasteiger partial charge in [0.05, 0.1) is 0 Å². The summed E-state index contributed by atoms with van der Waals surface area (Å²) in [4.78, 5) is 0. The molecule has 2 nitrogen and oxygen atoms in total. The lowest BCUT2D eigenvalue weighted by Crippen LogP contribution is -2.30. The second-order valence-electron chi connectivity index (χ2n) is 5.83. The minimum atomic E-state index is -0.893. The molecule has 3 aromatic rings. The van der Waals surface area contributed by atoms with Crippen molar-refractivity contribution < 1.29 is 9.68 Å². The molecule has 3 heteroatoms. The monoisotopic (exact) mass is 284 g/mol. The minimum absolute atomic E-state index is 0.691. The molecular formula is C19H13BO2. The number of rotatable bonds is 0. The summed E-state index contributed by atoms with van der Waals surface area (Å²) in [6.45, 7) is 0. The van der Waals surface area contributed by atoms with Gasteiger partial charge in [0, 0.05) is 0 Å². The molecule has 0 radical (unpaired) electrons. The zero-order chi connectivity index (χ0) is 14.7. The molecule has 1 aliphatic heterocycles. The average Bonchev–Trinajstić information content (AvgIpc) is 3.04. The van der Waals surface area contributed by atoms with E-state index in [4.69, 9.17) is 4.65 Å². The van der Waals surface area contributed by atoms with Crippen LogP contribution in [0.15, 0.2) is 72.8 Å². The van der Waals surface area contributed by atoms with E-state index >= 15 is 0 Å². The summed E-state index contributed by atoms with van der Waals surface area (Å²) in [6.07, 6.45) is 0. The molecule has 3 aromatic carbocycles. The van der Waals surface area contributed by atoms with Gasteiger partial charge in [0.1, 0.15) is 5.60 Å². The van der Waals surface area contributed by atoms with E-state index in [1.54, 1.807) is 0 Å². The summed E-state index contributed by atoms with van der Waals surface area (Å²) >= 11 is 0. The summed E-state index contributed by atoms with van der Waals surface area (Å²) in [5, 5.41) is 10.4. The summed E-state index contributed by atoms with van der Waals surface area (Å²) in [6, 6.07) is 24.6. The Bertz CT molecular complexity index is 858. The van der Waals surface area contributed by atoms with E-state index in [1.807, 2.05) is 42.5 Å². The summed E-state index contributed by atoms with van der Waals surface area (Å²) in [5.41, 5.74) is 5.79. The van der Waals surface area contributed by atoms with Gasteiger partial charge < -0.3 is 9.68 Å². The number of benzene rings is 3. The molecule has 0 amide bonds. The highest BCUT2D eigenvalue weighted by Gasteiger charge is 2.53. The molecule has 0 saturated heterocycles. The quantitative estimate of drug-likeness (QED) is 0.643. The zero-order valence-corrected chi connectivity index (χ0v) is 11.9. The van der Waals surface area contributed by atoms with Crippen LogP contribution in [-0.4, -0.2) is 12.1 Å². The first-order valence-electron chi connectivity index (χ1n) is 7.47. The Morgan fingerprint density at radius 3 is 1.82 bits per heavy atom. The number of hydrogen-bond acceptors (Lipinski definition) is 2. The standard InChI is InChI=1S/C19H13BO2/c21-20-18-12-6-5-11-17(18)19(22-20)15-9-3-1-7-13(15)14-8-2-4-10-16(14)19/h1-12,21H. The van der Waals surface area contributed by atoms with Crippen LogP contribution in [0.25, 0.3) is 11.1 Å². The lowest BCUT2D eigenvalue weighted by Gasteiger charge is -2.28. The van der Waals surface area contributed by atoms with Gasteiger partial charge in [-0.15, -0.1) is 0 Å². The molecule has 0 bridgehead atoms. The van der Waals surface area contributed by atoms with Gasteiger partial charge in [-0.05, 0) is 33.3 Å². The van der Waals surface area contributed by atoms with Crippen molar-refractivity contribution in [3.8, 4) is 11.1 Å². The van der Waals surface area contributed by atoms with Crippen LogP contribution in [0.1, 0.15) is 16.7 Å². The van der Waals surface area contributed by atoms with Gasteiger partial charge in [0.25, 0.3) is 0 Å². The molecule has 5 rings (SSSR count). The average molecular weight is 284 g/mol. The molecule has 1 spiro atoms. The molecule has 0 unspecified atom stereocenters. The maximum atomic E-state index is 10.4. The number of fused-ring (bicyclic) bond motifs is 7. The molecule has 0 atom stereocenters. The molecule has 104 valence electrons. The normalized spacial score (nSPS) is 16.5. The highest BCUT2D eigenvalue weighted by Crippen LogP contribution is 2.54. The Kier molecular flexibility index (Phi) is 2.27. The topological polar surface area (TPSA) is 29.5 Å². The van der Waals surface area contributed by atoms with Gasteiger partial charge >= 0.3 is 7.12 Å². The lowest BCUT2D eigenvalue weighted by molar-refractivity contribution is 0.149. The third kappa shape index (κ3) is 1.29. The Balaban J connectivity index is 1.94. The van der Waals surface area contributed by atoms with Crippen LogP contribution in [0, 0.1) is 0 Å². The van der Waals surface area contributed by atoms with Gasteiger partial charge in [-0.3, -0.25) is 0 Å². The Morgan fingerprint density at radius 1 is 0.682 bits per heavy atom. The first kappa shape index (κ1) is 12.2. The summed E-state index contributed by atoms with van der Waals surface area (Å²) in [7, 11) is -0.893. The second kappa shape index (κ2) is 4.10. The van der Waals surface area contributed by atoms with Crippen LogP contribution in [-0.2, 0) is 10.3 Å². The van der Waals surface area contributed by atoms with Crippen LogP contribution in [0.2, 0.25) is 0 Å². The van der Waals surface area contributed by atoms with Crippen LogP contribution in [0.5, 0.6) is 0 Å². The maximum absolute atomic E-state index is 10.4. The molecule has 1 aliphatic carbocycles. The van der Waals surface area contributed by atoms with Crippen molar-refractivity contribution in [1.29, 1.82) is 0 Å². The van der Waals surface area contributed by atoms with Crippen LogP contribution in [0.4, 0.5) is 0 Å². The van der Waals surface area contributed by atoms with Crippen molar-refractivity contribution in [1.82, 2.24) is 0 Å². The van der Waals surface area contributed by atoms with E-state index in [0.717, 1.165) is 22.2 Å². The smallest absolute Gasteiger partial charge is 0.423 e. The van der Waals surface area contributed by atoms with E-state index in [2.05, 4.69) is 30.3 Å². The zero-order valence-electron chi connectivity index (χ0n) is 11.9. The van der Waals surface area contributed by atoms with Crippen molar-refractivity contribution in [3.05, 3.63) is 89.5 Å². The SMILES string of the molecule is OB1OC2(c3ccccc31)c1ccccc1-c1ccccc12. The fourth-order valence-electron chi connectivity index (χ4n) is 3.94. The molecule has 1 heterocycles. The van der Waals surface area contributed by atoms with Crippen LogP contribution >= 0.6 is 0 Å². The molecule has 0 aromatic heterocycles. The van der Waals surface area contributed by atoms with Gasteiger partial charge in [-0.1, -0.05) is 72.8 Å². The van der Waals surface area contributed by atoms with E-state index < -0.39 is 12.7 Å². The summed E-state index contributed by atoms with van der Waals surface area (Å²) in [5.74, 6) is 0. The van der Waals surface area contributed by atoms with E-state index in [-0.39, 0.29) is 0 Å².